The molecule has 0 unspecified atom stereocenters. The van der Waals surface area contributed by atoms with Crippen molar-refractivity contribution >= 4 is 20.0 Å². The standard InChI is InChI=1S/C22H30N2O4S2/c1-15-7-9-21(17(3)11-15)29(25,26)23-13-20(6)24(14-19(23)5)30(27,28)22-10-8-16(2)12-18(22)4/h7-12,19-20H,13-14H2,1-6H3/t19-,20-/m0/s1. The molecule has 2 aromatic carbocycles. The average Bonchev–Trinajstić information content (AvgIpc) is 2.62. The van der Waals surface area contributed by atoms with E-state index in [1.807, 2.05) is 26.0 Å². The zero-order valence-electron chi connectivity index (χ0n) is 18.4. The van der Waals surface area contributed by atoms with Gasteiger partial charge in [-0.2, -0.15) is 8.61 Å². The van der Waals surface area contributed by atoms with Crippen molar-refractivity contribution in [2.45, 2.75) is 63.4 Å². The van der Waals surface area contributed by atoms with Crippen molar-refractivity contribution in [2.75, 3.05) is 13.1 Å². The molecule has 0 aliphatic carbocycles. The third-order valence-corrected chi connectivity index (χ3v) is 9.99. The van der Waals surface area contributed by atoms with E-state index in [1.165, 1.54) is 8.61 Å². The van der Waals surface area contributed by atoms with Crippen LogP contribution >= 0.6 is 0 Å². The summed E-state index contributed by atoms with van der Waals surface area (Å²) in [6.45, 7) is 11.2. The predicted octanol–water partition coefficient (Wildman–Crippen LogP) is 3.39. The lowest BCUT2D eigenvalue weighted by Gasteiger charge is -2.42. The largest absolute Gasteiger partial charge is 0.243 e. The summed E-state index contributed by atoms with van der Waals surface area (Å²) < 4.78 is 56.3. The highest BCUT2D eigenvalue weighted by molar-refractivity contribution is 7.89. The van der Waals surface area contributed by atoms with Crippen LogP contribution in [0, 0.1) is 27.7 Å². The second kappa shape index (κ2) is 8.07. The van der Waals surface area contributed by atoms with Gasteiger partial charge in [0.2, 0.25) is 20.0 Å². The fraction of sp³-hybridized carbons (Fsp3) is 0.455. The summed E-state index contributed by atoms with van der Waals surface area (Å²) >= 11 is 0. The maximum absolute atomic E-state index is 13.4. The van der Waals surface area contributed by atoms with Gasteiger partial charge in [-0.25, -0.2) is 16.8 Å². The summed E-state index contributed by atoms with van der Waals surface area (Å²) in [4.78, 5) is 0.552. The molecule has 164 valence electrons. The number of piperazine rings is 1. The summed E-state index contributed by atoms with van der Waals surface area (Å²) in [5.74, 6) is 0. The molecule has 8 heteroatoms. The van der Waals surface area contributed by atoms with Crippen LogP contribution < -0.4 is 0 Å². The topological polar surface area (TPSA) is 74.8 Å². The van der Waals surface area contributed by atoms with Crippen molar-refractivity contribution in [2.24, 2.45) is 0 Å². The number of nitrogens with zero attached hydrogens (tertiary/aromatic N) is 2. The zero-order valence-corrected chi connectivity index (χ0v) is 20.0. The zero-order chi connectivity index (χ0) is 22.4. The molecule has 6 nitrogen and oxygen atoms in total. The van der Waals surface area contributed by atoms with E-state index >= 15 is 0 Å². The summed E-state index contributed by atoms with van der Waals surface area (Å²) in [6.07, 6.45) is 0. The number of rotatable bonds is 4. The third kappa shape index (κ3) is 4.06. The molecule has 1 saturated heterocycles. The average molecular weight is 451 g/mol. The van der Waals surface area contributed by atoms with E-state index in [1.54, 1.807) is 52.0 Å². The molecular weight excluding hydrogens is 420 g/mol. The Hall–Kier alpha value is -1.74. The predicted molar refractivity (Wildman–Crippen MR) is 119 cm³/mol. The molecule has 2 atom stereocenters. The van der Waals surface area contributed by atoms with Crippen molar-refractivity contribution in [1.29, 1.82) is 0 Å². The Morgan fingerprint density at radius 2 is 1.00 bits per heavy atom. The van der Waals surface area contributed by atoms with Gasteiger partial charge in [-0.05, 0) is 64.8 Å². The lowest BCUT2D eigenvalue weighted by molar-refractivity contribution is 0.163. The Balaban J connectivity index is 1.93. The maximum atomic E-state index is 13.4. The van der Waals surface area contributed by atoms with Crippen molar-refractivity contribution in [1.82, 2.24) is 8.61 Å². The van der Waals surface area contributed by atoms with Crippen molar-refractivity contribution in [3.8, 4) is 0 Å². The first-order valence-corrected chi connectivity index (χ1v) is 12.9. The lowest BCUT2D eigenvalue weighted by atomic mass is 10.2. The van der Waals surface area contributed by atoms with E-state index in [0.29, 0.717) is 11.1 Å². The van der Waals surface area contributed by atoms with Gasteiger partial charge in [0.1, 0.15) is 0 Å². The Morgan fingerprint density at radius 1 is 0.667 bits per heavy atom. The normalized spacial score (nSPS) is 21.7. The molecule has 1 fully saturated rings. The lowest BCUT2D eigenvalue weighted by Crippen LogP contribution is -2.59. The van der Waals surface area contributed by atoms with Gasteiger partial charge in [-0.1, -0.05) is 35.4 Å². The molecule has 3 rings (SSSR count). The number of aryl methyl sites for hydroxylation is 4. The molecule has 0 radical (unpaired) electrons. The van der Waals surface area contributed by atoms with Crippen molar-refractivity contribution < 1.29 is 16.8 Å². The minimum absolute atomic E-state index is 0.112. The number of sulfonamides is 2. The molecule has 0 spiro atoms. The monoisotopic (exact) mass is 450 g/mol. The second-order valence-corrected chi connectivity index (χ2v) is 12.1. The molecule has 0 amide bonds. The highest BCUT2D eigenvalue weighted by Gasteiger charge is 2.42. The molecule has 1 heterocycles. The van der Waals surface area contributed by atoms with Gasteiger partial charge in [0.15, 0.2) is 0 Å². The quantitative estimate of drug-likeness (QED) is 0.716. The summed E-state index contributed by atoms with van der Waals surface area (Å²) in [7, 11) is -7.45. The molecule has 1 aliphatic heterocycles. The number of benzene rings is 2. The van der Waals surface area contributed by atoms with E-state index in [0.717, 1.165) is 11.1 Å². The van der Waals surface area contributed by atoms with Crippen LogP contribution in [0.15, 0.2) is 46.2 Å². The summed E-state index contributed by atoms with van der Waals surface area (Å²) in [5, 5.41) is 0. The van der Waals surface area contributed by atoms with Crippen LogP contribution in [-0.4, -0.2) is 50.6 Å². The van der Waals surface area contributed by atoms with Crippen LogP contribution in [0.3, 0.4) is 0 Å². The molecule has 30 heavy (non-hydrogen) atoms. The summed E-state index contributed by atoms with van der Waals surface area (Å²) in [5.41, 5.74) is 3.38. The van der Waals surface area contributed by atoms with Gasteiger partial charge in [0.05, 0.1) is 9.79 Å². The SMILES string of the molecule is Cc1ccc(S(=O)(=O)N2C[C@H](C)N(S(=O)(=O)c3ccc(C)cc3C)C[C@@H]2C)c(C)c1. The molecule has 2 aromatic rings. The van der Waals surface area contributed by atoms with Crippen LogP contribution in [0.4, 0.5) is 0 Å². The van der Waals surface area contributed by atoms with Gasteiger partial charge < -0.3 is 0 Å². The van der Waals surface area contributed by atoms with Gasteiger partial charge in [-0.3, -0.25) is 0 Å². The Kier molecular flexibility index (Phi) is 6.17. The van der Waals surface area contributed by atoms with Crippen molar-refractivity contribution in [3.63, 3.8) is 0 Å². The minimum atomic E-state index is -3.73. The van der Waals surface area contributed by atoms with E-state index in [-0.39, 0.29) is 22.9 Å². The molecule has 0 N–H and O–H groups in total. The Labute approximate surface area is 180 Å². The fourth-order valence-corrected chi connectivity index (χ4v) is 7.98. The maximum Gasteiger partial charge on any atom is 0.243 e. The van der Waals surface area contributed by atoms with E-state index in [2.05, 4.69) is 0 Å². The third-order valence-electron chi connectivity index (χ3n) is 5.71. The molecule has 0 bridgehead atoms. The van der Waals surface area contributed by atoms with Crippen LogP contribution in [0.2, 0.25) is 0 Å². The highest BCUT2D eigenvalue weighted by atomic mass is 32.2. The molecule has 0 aromatic heterocycles. The summed E-state index contributed by atoms with van der Waals surface area (Å²) in [6, 6.07) is 9.58. The van der Waals surface area contributed by atoms with Crippen molar-refractivity contribution in [3.05, 3.63) is 58.7 Å². The fourth-order valence-electron chi connectivity index (χ4n) is 4.16. The molecule has 0 saturated carbocycles. The van der Waals surface area contributed by atoms with Gasteiger partial charge in [0.25, 0.3) is 0 Å². The Morgan fingerprint density at radius 3 is 1.30 bits per heavy atom. The van der Waals surface area contributed by atoms with Gasteiger partial charge >= 0.3 is 0 Å². The molecular formula is C22H30N2O4S2. The van der Waals surface area contributed by atoms with E-state index in [9.17, 15) is 16.8 Å². The van der Waals surface area contributed by atoms with Gasteiger partial charge in [-0.15, -0.1) is 0 Å². The van der Waals surface area contributed by atoms with E-state index < -0.39 is 32.1 Å². The molecule has 1 aliphatic rings. The van der Waals surface area contributed by atoms with Crippen LogP contribution in [-0.2, 0) is 20.0 Å². The van der Waals surface area contributed by atoms with Crippen LogP contribution in [0.1, 0.15) is 36.1 Å². The van der Waals surface area contributed by atoms with Gasteiger partial charge in [0, 0.05) is 25.2 Å². The van der Waals surface area contributed by atoms with Crippen LogP contribution in [0.25, 0.3) is 0 Å². The highest BCUT2D eigenvalue weighted by Crippen LogP contribution is 2.30. The Bertz CT molecular complexity index is 1080. The first kappa shape index (κ1) is 22.9. The second-order valence-electron chi connectivity index (χ2n) is 8.39. The first-order valence-electron chi connectivity index (χ1n) is 10.0. The van der Waals surface area contributed by atoms with Crippen LogP contribution in [0.5, 0.6) is 0 Å². The minimum Gasteiger partial charge on any atom is -0.207 e. The number of hydrogen-bond acceptors (Lipinski definition) is 4. The first-order chi connectivity index (χ1) is 13.9. The number of hydrogen-bond donors (Lipinski definition) is 0. The smallest absolute Gasteiger partial charge is 0.207 e. The van der Waals surface area contributed by atoms with E-state index in [4.69, 9.17) is 0 Å².